The van der Waals surface area contributed by atoms with Gasteiger partial charge in [0.1, 0.15) is 0 Å². The molecule has 1 fully saturated rings. The van der Waals surface area contributed by atoms with E-state index in [9.17, 15) is 0 Å². The van der Waals surface area contributed by atoms with Gasteiger partial charge in [-0.3, -0.25) is 0 Å². The fourth-order valence-corrected chi connectivity index (χ4v) is 3.26. The lowest BCUT2D eigenvalue weighted by atomic mass is 9.90. The van der Waals surface area contributed by atoms with Crippen LogP contribution in [0.25, 0.3) is 0 Å². The Balaban J connectivity index is 1.76. The van der Waals surface area contributed by atoms with Crippen LogP contribution in [0.15, 0.2) is 24.3 Å². The van der Waals surface area contributed by atoms with Gasteiger partial charge in [0.2, 0.25) is 0 Å². The molecule has 118 valence electrons. The summed E-state index contributed by atoms with van der Waals surface area (Å²) in [5.41, 5.74) is 2.84. The van der Waals surface area contributed by atoms with E-state index >= 15 is 0 Å². The van der Waals surface area contributed by atoms with Crippen molar-refractivity contribution in [3.05, 3.63) is 35.4 Å². The fraction of sp³-hybridized carbons (Fsp3) is 0.700. The molecule has 0 amide bonds. The SMILES string of the molecule is CCCCCC1CCC(c2ccc(CCCC)cc2)OC1. The summed E-state index contributed by atoms with van der Waals surface area (Å²) in [5.74, 6) is 0.802. The van der Waals surface area contributed by atoms with Gasteiger partial charge in [0.15, 0.2) is 0 Å². The van der Waals surface area contributed by atoms with Crippen LogP contribution in [0.5, 0.6) is 0 Å². The van der Waals surface area contributed by atoms with E-state index in [-0.39, 0.29) is 0 Å². The Bertz CT molecular complexity index is 373. The number of ether oxygens (including phenoxy) is 1. The van der Waals surface area contributed by atoms with Gasteiger partial charge in [-0.05, 0) is 49.1 Å². The summed E-state index contributed by atoms with van der Waals surface area (Å²) in [6.45, 7) is 5.49. The van der Waals surface area contributed by atoms with E-state index in [1.807, 2.05) is 0 Å². The molecule has 1 aliphatic rings. The van der Waals surface area contributed by atoms with Gasteiger partial charge >= 0.3 is 0 Å². The van der Waals surface area contributed by atoms with E-state index in [0.29, 0.717) is 6.10 Å². The van der Waals surface area contributed by atoms with Gasteiger partial charge in [-0.2, -0.15) is 0 Å². The summed E-state index contributed by atoms with van der Waals surface area (Å²) >= 11 is 0. The number of hydrogen-bond acceptors (Lipinski definition) is 1. The number of benzene rings is 1. The van der Waals surface area contributed by atoms with E-state index in [1.54, 1.807) is 0 Å². The van der Waals surface area contributed by atoms with Crippen LogP contribution in [0.4, 0.5) is 0 Å². The zero-order chi connectivity index (χ0) is 14.9. The van der Waals surface area contributed by atoms with Crippen LogP contribution in [0.3, 0.4) is 0 Å². The van der Waals surface area contributed by atoms with E-state index in [4.69, 9.17) is 4.74 Å². The minimum absolute atomic E-state index is 0.340. The molecule has 0 aliphatic carbocycles. The van der Waals surface area contributed by atoms with Gasteiger partial charge in [-0.25, -0.2) is 0 Å². The molecule has 0 saturated carbocycles. The maximum absolute atomic E-state index is 6.13. The van der Waals surface area contributed by atoms with Crippen LogP contribution in [0.2, 0.25) is 0 Å². The van der Waals surface area contributed by atoms with Gasteiger partial charge in [0.25, 0.3) is 0 Å². The largest absolute Gasteiger partial charge is 0.373 e. The van der Waals surface area contributed by atoms with E-state index in [2.05, 4.69) is 38.1 Å². The molecule has 1 saturated heterocycles. The van der Waals surface area contributed by atoms with Crippen molar-refractivity contribution < 1.29 is 4.74 Å². The van der Waals surface area contributed by atoms with Crippen LogP contribution in [-0.2, 0) is 11.2 Å². The minimum atomic E-state index is 0.340. The monoisotopic (exact) mass is 288 g/mol. The van der Waals surface area contributed by atoms with Crippen molar-refractivity contribution in [2.45, 2.75) is 77.7 Å². The molecule has 0 N–H and O–H groups in total. The second-order valence-corrected chi connectivity index (χ2v) is 6.61. The first-order valence-corrected chi connectivity index (χ1v) is 9.04. The first kappa shape index (κ1) is 16.5. The first-order valence-electron chi connectivity index (χ1n) is 9.04. The van der Waals surface area contributed by atoms with Gasteiger partial charge in [-0.15, -0.1) is 0 Å². The van der Waals surface area contributed by atoms with Gasteiger partial charge in [0, 0.05) is 0 Å². The van der Waals surface area contributed by atoms with Crippen molar-refractivity contribution in [1.82, 2.24) is 0 Å². The average molecular weight is 288 g/mol. The lowest BCUT2D eigenvalue weighted by molar-refractivity contribution is -0.0198. The molecule has 2 unspecified atom stereocenters. The zero-order valence-electron chi connectivity index (χ0n) is 13.9. The third-order valence-electron chi connectivity index (χ3n) is 4.76. The highest BCUT2D eigenvalue weighted by Gasteiger charge is 2.22. The number of rotatable bonds is 8. The predicted octanol–water partition coefficient (Wildman–Crippen LogP) is 6.08. The third kappa shape index (κ3) is 5.47. The smallest absolute Gasteiger partial charge is 0.0825 e. The highest BCUT2D eigenvalue weighted by molar-refractivity contribution is 5.24. The summed E-state index contributed by atoms with van der Waals surface area (Å²) < 4.78 is 6.13. The molecule has 0 spiro atoms. The second-order valence-electron chi connectivity index (χ2n) is 6.61. The lowest BCUT2D eigenvalue weighted by Gasteiger charge is -2.29. The van der Waals surface area contributed by atoms with Crippen molar-refractivity contribution in [1.29, 1.82) is 0 Å². The maximum atomic E-state index is 6.13. The number of aryl methyl sites for hydroxylation is 1. The topological polar surface area (TPSA) is 9.23 Å². The quantitative estimate of drug-likeness (QED) is 0.527. The highest BCUT2D eigenvalue weighted by Crippen LogP contribution is 2.32. The molecule has 0 bridgehead atoms. The van der Waals surface area contributed by atoms with Gasteiger partial charge in [0.05, 0.1) is 12.7 Å². The molecule has 1 heteroatoms. The van der Waals surface area contributed by atoms with E-state index in [1.165, 1.54) is 68.9 Å². The Hall–Kier alpha value is -0.820. The molecular formula is C20H32O. The molecule has 2 atom stereocenters. The van der Waals surface area contributed by atoms with E-state index in [0.717, 1.165) is 12.5 Å². The van der Waals surface area contributed by atoms with Crippen LogP contribution in [-0.4, -0.2) is 6.61 Å². The van der Waals surface area contributed by atoms with Crippen molar-refractivity contribution in [2.75, 3.05) is 6.61 Å². The van der Waals surface area contributed by atoms with Crippen molar-refractivity contribution >= 4 is 0 Å². The first-order chi connectivity index (χ1) is 10.3. The van der Waals surface area contributed by atoms with E-state index < -0.39 is 0 Å². The normalized spacial score (nSPS) is 22.4. The Morgan fingerprint density at radius 3 is 2.33 bits per heavy atom. The summed E-state index contributed by atoms with van der Waals surface area (Å²) in [5, 5.41) is 0. The summed E-state index contributed by atoms with van der Waals surface area (Å²) in [4.78, 5) is 0. The second kappa shape index (κ2) is 9.25. The molecule has 1 nitrogen and oxygen atoms in total. The van der Waals surface area contributed by atoms with Crippen LogP contribution >= 0.6 is 0 Å². The highest BCUT2D eigenvalue weighted by atomic mass is 16.5. The fourth-order valence-electron chi connectivity index (χ4n) is 3.26. The van der Waals surface area contributed by atoms with Crippen LogP contribution in [0, 0.1) is 5.92 Å². The zero-order valence-corrected chi connectivity index (χ0v) is 13.9. The Morgan fingerprint density at radius 2 is 1.71 bits per heavy atom. The predicted molar refractivity (Wildman–Crippen MR) is 90.6 cm³/mol. The molecular weight excluding hydrogens is 256 g/mol. The van der Waals surface area contributed by atoms with Crippen LogP contribution in [0.1, 0.15) is 82.4 Å². The minimum Gasteiger partial charge on any atom is -0.373 e. The summed E-state index contributed by atoms with van der Waals surface area (Å²) in [7, 11) is 0. The maximum Gasteiger partial charge on any atom is 0.0825 e. The average Bonchev–Trinajstić information content (AvgIpc) is 2.54. The Labute approximate surface area is 131 Å². The summed E-state index contributed by atoms with van der Waals surface area (Å²) in [6, 6.07) is 9.16. The van der Waals surface area contributed by atoms with Crippen molar-refractivity contribution in [2.24, 2.45) is 5.92 Å². The molecule has 1 aliphatic heterocycles. The van der Waals surface area contributed by atoms with Crippen molar-refractivity contribution in [3.63, 3.8) is 0 Å². The molecule has 1 heterocycles. The Kier molecular flexibility index (Phi) is 7.29. The molecule has 0 radical (unpaired) electrons. The van der Waals surface area contributed by atoms with Crippen LogP contribution < -0.4 is 0 Å². The van der Waals surface area contributed by atoms with Crippen molar-refractivity contribution in [3.8, 4) is 0 Å². The van der Waals surface area contributed by atoms with Gasteiger partial charge < -0.3 is 4.74 Å². The molecule has 0 aromatic heterocycles. The summed E-state index contributed by atoms with van der Waals surface area (Å²) in [6.07, 6.45) is 12.1. The molecule has 1 aromatic carbocycles. The third-order valence-corrected chi connectivity index (χ3v) is 4.76. The molecule has 1 aromatic rings. The lowest BCUT2D eigenvalue weighted by Crippen LogP contribution is -2.20. The Morgan fingerprint density at radius 1 is 0.952 bits per heavy atom. The molecule has 2 rings (SSSR count). The number of hydrogen-bond donors (Lipinski definition) is 0. The van der Waals surface area contributed by atoms with Gasteiger partial charge in [-0.1, -0.05) is 63.8 Å². The molecule has 21 heavy (non-hydrogen) atoms. The number of unbranched alkanes of at least 4 members (excludes halogenated alkanes) is 3. The standard InChI is InChI=1S/C20H32O/c1-3-5-7-9-18-12-15-20(21-16-18)19-13-10-17(11-14-19)8-6-4-2/h10-11,13-14,18,20H,3-9,12,15-16H2,1-2H3.